The molecule has 1 aliphatic heterocycles. The molecule has 2 aromatic carbocycles. The van der Waals surface area contributed by atoms with Gasteiger partial charge in [-0.25, -0.2) is 0 Å². The van der Waals surface area contributed by atoms with Gasteiger partial charge in [0.1, 0.15) is 11.5 Å². The third kappa shape index (κ3) is 4.27. The van der Waals surface area contributed by atoms with Crippen molar-refractivity contribution in [1.82, 2.24) is 25.8 Å². The highest BCUT2D eigenvalue weighted by Crippen LogP contribution is 2.29. The third-order valence-electron chi connectivity index (χ3n) is 5.48. The Morgan fingerprint density at radius 2 is 1.81 bits per heavy atom. The van der Waals surface area contributed by atoms with Crippen molar-refractivity contribution in [2.45, 2.75) is 18.9 Å². The molecular formula is C24H23N5O2. The van der Waals surface area contributed by atoms with E-state index in [0.29, 0.717) is 11.4 Å². The standard InChI is InChI=1S/C24H23N5O2/c30-24(27-18-8-10-25-11-9-18)23-21-13-16(6-7-22(21)28-29-23)17-12-20(15-26-14-17)31-19-4-2-1-3-5-19/h1-7,12-15,18,25H,8-11H2,(H,27,30)(H,28,29). The predicted octanol–water partition coefficient (Wildman–Crippen LogP) is 3.90. The first-order valence-electron chi connectivity index (χ1n) is 10.4. The van der Waals surface area contributed by atoms with Gasteiger partial charge in [0.05, 0.1) is 11.7 Å². The maximum atomic E-state index is 12.8. The summed E-state index contributed by atoms with van der Waals surface area (Å²) in [6.45, 7) is 1.84. The zero-order valence-electron chi connectivity index (χ0n) is 17.0. The Bertz CT molecular complexity index is 1200. The van der Waals surface area contributed by atoms with Gasteiger partial charge in [0.25, 0.3) is 5.91 Å². The van der Waals surface area contributed by atoms with Gasteiger partial charge >= 0.3 is 0 Å². The molecule has 0 aliphatic carbocycles. The Labute approximate surface area is 179 Å². The van der Waals surface area contributed by atoms with E-state index in [1.54, 1.807) is 12.4 Å². The Kier molecular flexibility index (Phi) is 5.33. The number of para-hydroxylation sites is 1. The van der Waals surface area contributed by atoms with E-state index in [1.807, 2.05) is 54.6 Å². The van der Waals surface area contributed by atoms with Crippen molar-refractivity contribution >= 4 is 16.8 Å². The highest BCUT2D eigenvalue weighted by Gasteiger charge is 2.20. The van der Waals surface area contributed by atoms with Gasteiger partial charge in [-0.2, -0.15) is 5.10 Å². The lowest BCUT2D eigenvalue weighted by Crippen LogP contribution is -2.42. The third-order valence-corrected chi connectivity index (χ3v) is 5.48. The number of carbonyl (C=O) groups excluding carboxylic acids is 1. The fourth-order valence-corrected chi connectivity index (χ4v) is 3.84. The molecule has 1 aliphatic rings. The number of nitrogens with one attached hydrogen (secondary N) is 3. The van der Waals surface area contributed by atoms with Gasteiger partial charge in [-0.15, -0.1) is 0 Å². The quantitative estimate of drug-likeness (QED) is 0.462. The van der Waals surface area contributed by atoms with Crippen LogP contribution in [0.5, 0.6) is 11.5 Å². The molecule has 0 saturated carbocycles. The number of carbonyl (C=O) groups is 1. The minimum Gasteiger partial charge on any atom is -0.456 e. The molecule has 0 atom stereocenters. The minimum atomic E-state index is -0.144. The molecule has 4 aromatic rings. The van der Waals surface area contributed by atoms with Crippen LogP contribution in [0.15, 0.2) is 67.0 Å². The lowest BCUT2D eigenvalue weighted by atomic mass is 10.0. The van der Waals surface area contributed by atoms with E-state index >= 15 is 0 Å². The van der Waals surface area contributed by atoms with Crippen molar-refractivity contribution < 1.29 is 9.53 Å². The van der Waals surface area contributed by atoms with Crippen LogP contribution in [0.3, 0.4) is 0 Å². The van der Waals surface area contributed by atoms with Crippen LogP contribution in [0.1, 0.15) is 23.3 Å². The Hall–Kier alpha value is -3.71. The summed E-state index contributed by atoms with van der Waals surface area (Å²) in [7, 11) is 0. The van der Waals surface area contributed by atoms with E-state index in [9.17, 15) is 4.79 Å². The molecule has 31 heavy (non-hydrogen) atoms. The van der Waals surface area contributed by atoms with E-state index in [-0.39, 0.29) is 11.9 Å². The first-order valence-corrected chi connectivity index (χ1v) is 10.4. The molecule has 156 valence electrons. The molecule has 0 unspecified atom stereocenters. The summed E-state index contributed by atoms with van der Waals surface area (Å²) in [5.41, 5.74) is 3.08. The van der Waals surface area contributed by atoms with Gasteiger partial charge in [-0.1, -0.05) is 24.3 Å². The maximum absolute atomic E-state index is 12.8. The molecule has 1 saturated heterocycles. The Morgan fingerprint density at radius 1 is 0.968 bits per heavy atom. The number of nitrogens with zero attached hydrogens (tertiary/aromatic N) is 2. The summed E-state index contributed by atoms with van der Waals surface area (Å²) in [6.07, 6.45) is 5.33. The average Bonchev–Trinajstić information content (AvgIpc) is 3.24. The molecule has 2 aromatic heterocycles. The van der Waals surface area contributed by atoms with Crippen LogP contribution < -0.4 is 15.4 Å². The van der Waals surface area contributed by atoms with Crippen LogP contribution >= 0.6 is 0 Å². The summed E-state index contributed by atoms with van der Waals surface area (Å²) in [5, 5.41) is 14.5. The molecule has 0 radical (unpaired) electrons. The molecule has 7 nitrogen and oxygen atoms in total. The molecular weight excluding hydrogens is 390 g/mol. The first kappa shape index (κ1) is 19.3. The lowest BCUT2D eigenvalue weighted by molar-refractivity contribution is 0.0926. The van der Waals surface area contributed by atoms with Crippen molar-refractivity contribution in [2.24, 2.45) is 0 Å². The molecule has 1 fully saturated rings. The van der Waals surface area contributed by atoms with Crippen molar-refractivity contribution in [2.75, 3.05) is 13.1 Å². The normalized spacial score (nSPS) is 14.5. The van der Waals surface area contributed by atoms with Crippen LogP contribution in [0.2, 0.25) is 0 Å². The molecule has 0 bridgehead atoms. The largest absolute Gasteiger partial charge is 0.456 e. The Balaban J connectivity index is 1.41. The Morgan fingerprint density at radius 3 is 2.65 bits per heavy atom. The maximum Gasteiger partial charge on any atom is 0.272 e. The topological polar surface area (TPSA) is 91.9 Å². The van der Waals surface area contributed by atoms with E-state index in [1.165, 1.54) is 0 Å². The van der Waals surface area contributed by atoms with Gasteiger partial charge < -0.3 is 15.4 Å². The number of aromatic amines is 1. The minimum absolute atomic E-state index is 0.144. The summed E-state index contributed by atoms with van der Waals surface area (Å²) < 4.78 is 5.91. The van der Waals surface area contributed by atoms with Crippen molar-refractivity contribution in [3.8, 4) is 22.6 Å². The monoisotopic (exact) mass is 413 g/mol. The van der Waals surface area contributed by atoms with E-state index < -0.39 is 0 Å². The number of piperidine rings is 1. The van der Waals surface area contributed by atoms with Crippen molar-refractivity contribution in [1.29, 1.82) is 0 Å². The smallest absolute Gasteiger partial charge is 0.272 e. The predicted molar refractivity (Wildman–Crippen MR) is 119 cm³/mol. The van der Waals surface area contributed by atoms with E-state index in [2.05, 4.69) is 25.8 Å². The SMILES string of the molecule is O=C(NC1CCNCC1)c1n[nH]c2ccc(-c3cncc(Oc4ccccc4)c3)cc12. The van der Waals surface area contributed by atoms with Gasteiger partial charge in [-0.3, -0.25) is 14.9 Å². The van der Waals surface area contributed by atoms with Gasteiger partial charge in [0.15, 0.2) is 5.69 Å². The molecule has 3 N–H and O–H groups in total. The molecule has 5 rings (SSSR count). The van der Waals surface area contributed by atoms with Crippen LogP contribution in [0.4, 0.5) is 0 Å². The second kappa shape index (κ2) is 8.57. The molecule has 0 spiro atoms. The number of H-pyrrole nitrogens is 1. The lowest BCUT2D eigenvalue weighted by Gasteiger charge is -2.23. The van der Waals surface area contributed by atoms with Gasteiger partial charge in [0.2, 0.25) is 0 Å². The number of pyridine rings is 1. The second-order valence-corrected chi connectivity index (χ2v) is 7.65. The summed E-state index contributed by atoms with van der Waals surface area (Å²) >= 11 is 0. The van der Waals surface area contributed by atoms with Crippen molar-refractivity contribution in [3.63, 3.8) is 0 Å². The van der Waals surface area contributed by atoms with E-state index in [4.69, 9.17) is 4.74 Å². The number of benzene rings is 2. The van der Waals surface area contributed by atoms with Gasteiger partial charge in [-0.05, 0) is 61.8 Å². The summed E-state index contributed by atoms with van der Waals surface area (Å²) in [5.74, 6) is 1.26. The number of hydrogen-bond donors (Lipinski definition) is 3. The number of hydrogen-bond acceptors (Lipinski definition) is 5. The van der Waals surface area contributed by atoms with Crippen molar-refractivity contribution in [3.05, 3.63) is 72.7 Å². The first-order chi connectivity index (χ1) is 15.3. The average molecular weight is 413 g/mol. The van der Waals surface area contributed by atoms with E-state index in [0.717, 1.165) is 53.7 Å². The number of amides is 1. The molecule has 7 heteroatoms. The molecule has 3 heterocycles. The number of fused-ring (bicyclic) bond motifs is 1. The number of aromatic nitrogens is 3. The van der Waals surface area contributed by atoms with Crippen LogP contribution in [0.25, 0.3) is 22.0 Å². The van der Waals surface area contributed by atoms with Crippen LogP contribution in [-0.4, -0.2) is 40.2 Å². The highest BCUT2D eigenvalue weighted by atomic mass is 16.5. The van der Waals surface area contributed by atoms with Gasteiger partial charge in [0, 0.05) is 23.2 Å². The zero-order valence-corrected chi connectivity index (χ0v) is 17.0. The summed E-state index contributed by atoms with van der Waals surface area (Å²) in [4.78, 5) is 17.2. The fraction of sp³-hybridized carbons (Fsp3) is 0.208. The number of rotatable bonds is 5. The highest BCUT2D eigenvalue weighted by molar-refractivity contribution is 6.05. The number of ether oxygens (including phenoxy) is 1. The van der Waals surface area contributed by atoms with Crippen LogP contribution in [0, 0.1) is 0 Å². The summed E-state index contributed by atoms with van der Waals surface area (Å²) in [6, 6.07) is 17.6. The van der Waals surface area contributed by atoms with Crippen LogP contribution in [-0.2, 0) is 0 Å². The fourth-order valence-electron chi connectivity index (χ4n) is 3.84. The molecule has 1 amide bonds. The second-order valence-electron chi connectivity index (χ2n) is 7.65. The zero-order chi connectivity index (χ0) is 21.0.